The van der Waals surface area contributed by atoms with Crippen molar-refractivity contribution < 1.29 is 19.8 Å². The number of β-lactam (4-membered cyclic amide) rings is 1. The molecule has 112 valence electrons. The number of nitrogens with zero attached hydrogens (tertiary/aromatic N) is 1. The molecule has 2 aliphatic heterocycles. The number of carboxylic acid groups (broad SMARTS) is 1. The average Bonchev–Trinajstić information content (AvgIpc) is 2.62. The zero-order valence-electron chi connectivity index (χ0n) is 11.5. The minimum absolute atomic E-state index is 0.0217. The smallest absolute Gasteiger partial charge is 0.354 e. The molecule has 1 fully saturated rings. The quantitative estimate of drug-likeness (QED) is 0.638. The van der Waals surface area contributed by atoms with Crippen LogP contribution in [-0.2, 0) is 9.59 Å². The maximum absolute atomic E-state index is 12.0. The van der Waals surface area contributed by atoms with Gasteiger partial charge in [0.05, 0.1) is 16.3 Å². The summed E-state index contributed by atoms with van der Waals surface area (Å²) in [6.45, 7) is 5.80. The zero-order valence-corrected chi connectivity index (χ0v) is 13.1. The van der Waals surface area contributed by atoms with Gasteiger partial charge < -0.3 is 15.9 Å². The Morgan fingerprint density at radius 2 is 2.20 bits per heavy atom. The lowest BCUT2D eigenvalue weighted by atomic mass is 9.92. The van der Waals surface area contributed by atoms with E-state index in [0.29, 0.717) is 10.8 Å². The second-order valence-electron chi connectivity index (χ2n) is 5.49. The van der Waals surface area contributed by atoms with Crippen LogP contribution in [0.2, 0.25) is 0 Å². The highest BCUT2D eigenvalue weighted by atomic mass is 32.2. The van der Waals surface area contributed by atoms with Crippen molar-refractivity contribution in [3.05, 3.63) is 9.93 Å². The van der Waals surface area contributed by atoms with Crippen LogP contribution in [0.3, 0.4) is 0 Å². The third-order valence-corrected chi connectivity index (χ3v) is 6.12. The Morgan fingerprint density at radius 3 is 2.65 bits per heavy atom. The van der Waals surface area contributed by atoms with Crippen molar-refractivity contribution in [1.82, 2.24) is 4.90 Å². The molecule has 0 aliphatic carbocycles. The van der Waals surface area contributed by atoms with E-state index in [0.717, 1.165) is 0 Å². The first-order valence-corrected chi connectivity index (χ1v) is 7.93. The lowest BCUT2D eigenvalue weighted by Gasteiger charge is -2.43. The number of rotatable bonds is 5. The first kappa shape index (κ1) is 15.7. The first-order chi connectivity index (χ1) is 9.19. The molecule has 0 aromatic carbocycles. The van der Waals surface area contributed by atoms with Crippen LogP contribution < -0.4 is 5.73 Å². The van der Waals surface area contributed by atoms with Gasteiger partial charge in [-0.2, -0.15) is 0 Å². The molecule has 0 radical (unpaired) electrons. The van der Waals surface area contributed by atoms with Crippen LogP contribution >= 0.6 is 23.5 Å². The number of nitrogens with two attached hydrogens (primary N) is 1. The summed E-state index contributed by atoms with van der Waals surface area (Å²) in [7, 11) is 0. The van der Waals surface area contributed by atoms with E-state index in [1.807, 2.05) is 13.8 Å². The molecule has 0 spiro atoms. The maximum atomic E-state index is 12.0. The van der Waals surface area contributed by atoms with Gasteiger partial charge in [0.1, 0.15) is 5.37 Å². The molecule has 4 N–H and O–H groups in total. The SMILES string of the molecule is CC(O)C1C(=O)N2C(C(=O)O)=C(SC(C)(C)CN)S[C@H]12. The van der Waals surface area contributed by atoms with Crippen LogP contribution in [0, 0.1) is 5.92 Å². The van der Waals surface area contributed by atoms with Crippen LogP contribution in [0.4, 0.5) is 0 Å². The number of thioether (sulfide) groups is 2. The molecule has 0 saturated carbocycles. The number of carbonyl (C=O) groups is 2. The molecule has 6 nitrogen and oxygen atoms in total. The zero-order chi connectivity index (χ0) is 15.2. The normalized spacial score (nSPS) is 27.4. The topological polar surface area (TPSA) is 104 Å². The van der Waals surface area contributed by atoms with E-state index < -0.39 is 18.0 Å². The van der Waals surface area contributed by atoms with Gasteiger partial charge in [-0.25, -0.2) is 4.79 Å². The molecule has 3 atom stereocenters. The van der Waals surface area contributed by atoms with Gasteiger partial charge in [0.15, 0.2) is 5.70 Å². The highest BCUT2D eigenvalue weighted by molar-refractivity contribution is 8.23. The van der Waals surface area contributed by atoms with Crippen LogP contribution in [-0.4, -0.2) is 49.8 Å². The van der Waals surface area contributed by atoms with Gasteiger partial charge in [-0.15, -0.1) is 11.8 Å². The van der Waals surface area contributed by atoms with Crippen molar-refractivity contribution >= 4 is 35.4 Å². The molecule has 2 aliphatic rings. The third kappa shape index (κ3) is 2.45. The monoisotopic (exact) mass is 318 g/mol. The minimum atomic E-state index is -1.12. The Labute approximate surface area is 125 Å². The summed E-state index contributed by atoms with van der Waals surface area (Å²) in [6.07, 6.45) is -0.779. The minimum Gasteiger partial charge on any atom is -0.477 e. The van der Waals surface area contributed by atoms with Crippen molar-refractivity contribution in [3.63, 3.8) is 0 Å². The largest absolute Gasteiger partial charge is 0.477 e. The van der Waals surface area contributed by atoms with Crippen LogP contribution in [0.15, 0.2) is 9.93 Å². The van der Waals surface area contributed by atoms with Crippen LogP contribution in [0.25, 0.3) is 0 Å². The fourth-order valence-corrected chi connectivity index (χ4v) is 5.47. The average molecular weight is 318 g/mol. The molecule has 0 aromatic heterocycles. The van der Waals surface area contributed by atoms with Crippen molar-refractivity contribution in [3.8, 4) is 0 Å². The molecule has 20 heavy (non-hydrogen) atoms. The summed E-state index contributed by atoms with van der Waals surface area (Å²) < 4.78 is 0.284. The highest BCUT2D eigenvalue weighted by Crippen LogP contribution is 2.55. The fourth-order valence-electron chi connectivity index (χ4n) is 2.11. The summed E-state index contributed by atoms with van der Waals surface area (Å²) in [5, 5.41) is 18.7. The van der Waals surface area contributed by atoms with Gasteiger partial charge in [0.25, 0.3) is 0 Å². The predicted octanol–water partition coefficient (Wildman–Crippen LogP) is 0.623. The highest BCUT2D eigenvalue weighted by Gasteiger charge is 2.58. The first-order valence-electron chi connectivity index (χ1n) is 6.24. The Bertz CT molecular complexity index is 490. The number of aliphatic hydroxyl groups excluding tert-OH is 1. The van der Waals surface area contributed by atoms with Crippen molar-refractivity contribution in [2.24, 2.45) is 11.7 Å². The lowest BCUT2D eigenvalue weighted by molar-refractivity contribution is -0.156. The van der Waals surface area contributed by atoms with E-state index in [1.54, 1.807) is 6.92 Å². The Morgan fingerprint density at radius 1 is 1.60 bits per heavy atom. The van der Waals surface area contributed by atoms with Gasteiger partial charge in [0, 0.05) is 11.3 Å². The Balaban J connectivity index is 2.28. The van der Waals surface area contributed by atoms with Gasteiger partial charge in [-0.1, -0.05) is 11.8 Å². The maximum Gasteiger partial charge on any atom is 0.354 e. The molecule has 0 bridgehead atoms. The fraction of sp³-hybridized carbons (Fsp3) is 0.667. The lowest BCUT2D eigenvalue weighted by Crippen LogP contribution is -2.60. The van der Waals surface area contributed by atoms with E-state index >= 15 is 0 Å². The third-order valence-electron chi connectivity index (χ3n) is 3.33. The standard InChI is InChI=1S/C12H18N2O4S2/c1-5(15)6-8(16)14-7(10(17)18)11(19-9(6)14)20-12(2,3)4-13/h5-6,9,15H,4,13H2,1-3H3,(H,17,18)/t5?,6?,9-/m1/s1. The summed E-state index contributed by atoms with van der Waals surface area (Å²) >= 11 is 2.70. The van der Waals surface area contributed by atoms with E-state index in [4.69, 9.17) is 5.73 Å². The van der Waals surface area contributed by atoms with E-state index in [1.165, 1.54) is 28.4 Å². The second-order valence-corrected chi connectivity index (χ2v) is 8.59. The number of carbonyl (C=O) groups excluding carboxylic acids is 1. The number of amides is 1. The van der Waals surface area contributed by atoms with Gasteiger partial charge >= 0.3 is 5.97 Å². The van der Waals surface area contributed by atoms with Crippen LogP contribution in [0.5, 0.6) is 0 Å². The molecular formula is C12H18N2O4S2. The van der Waals surface area contributed by atoms with Crippen molar-refractivity contribution in [2.45, 2.75) is 37.0 Å². The molecule has 1 amide bonds. The number of aliphatic hydroxyl groups is 1. The number of carboxylic acids is 1. The molecule has 8 heteroatoms. The Hall–Kier alpha value is -0.700. The van der Waals surface area contributed by atoms with Crippen molar-refractivity contribution in [2.75, 3.05) is 6.54 Å². The summed E-state index contributed by atoms with van der Waals surface area (Å²) in [5.41, 5.74) is 5.69. The number of aliphatic carboxylic acids is 1. The van der Waals surface area contributed by atoms with Gasteiger partial charge in [-0.05, 0) is 20.8 Å². The molecule has 2 heterocycles. The molecular weight excluding hydrogens is 300 g/mol. The summed E-state index contributed by atoms with van der Waals surface area (Å²) in [6, 6.07) is 0. The predicted molar refractivity (Wildman–Crippen MR) is 78.8 cm³/mol. The van der Waals surface area contributed by atoms with Gasteiger partial charge in [0.2, 0.25) is 5.91 Å². The van der Waals surface area contributed by atoms with E-state index in [2.05, 4.69) is 0 Å². The van der Waals surface area contributed by atoms with Crippen LogP contribution in [0.1, 0.15) is 20.8 Å². The summed E-state index contributed by atoms with van der Waals surface area (Å²) in [5.74, 6) is -1.97. The van der Waals surface area contributed by atoms with E-state index in [-0.39, 0.29) is 21.7 Å². The molecule has 0 aromatic rings. The number of hydrogen-bond donors (Lipinski definition) is 3. The summed E-state index contributed by atoms with van der Waals surface area (Å²) in [4.78, 5) is 24.7. The molecule has 2 rings (SSSR count). The second kappa shape index (κ2) is 5.25. The van der Waals surface area contributed by atoms with E-state index in [9.17, 15) is 19.8 Å². The van der Waals surface area contributed by atoms with Gasteiger partial charge in [-0.3, -0.25) is 9.69 Å². The number of fused-ring (bicyclic) bond motifs is 1. The number of hydrogen-bond acceptors (Lipinski definition) is 6. The Kier molecular flexibility index (Phi) is 4.12. The molecule has 2 unspecified atom stereocenters. The molecule has 1 saturated heterocycles. The van der Waals surface area contributed by atoms with Crippen molar-refractivity contribution in [1.29, 1.82) is 0 Å².